The van der Waals surface area contributed by atoms with Crippen molar-refractivity contribution in [1.29, 1.82) is 0 Å². The first-order valence-electron chi connectivity index (χ1n) is 15.2. The van der Waals surface area contributed by atoms with E-state index in [-0.39, 0.29) is 51.3 Å². The zero-order valence-electron chi connectivity index (χ0n) is 24.7. The van der Waals surface area contributed by atoms with Crippen LogP contribution in [0, 0.1) is 29.6 Å². The second kappa shape index (κ2) is 11.6. The summed E-state index contributed by atoms with van der Waals surface area (Å²) in [7, 11) is 0. The topological polar surface area (TPSA) is 109 Å². The number of benzene rings is 3. The number of imide groups is 1. The zero-order chi connectivity index (χ0) is 33.5. The van der Waals surface area contributed by atoms with E-state index in [1.165, 1.54) is 17.0 Å². The minimum Gasteiger partial charge on any atom is -0.483 e. The van der Waals surface area contributed by atoms with Gasteiger partial charge in [-0.3, -0.25) is 24.1 Å². The van der Waals surface area contributed by atoms with E-state index in [4.69, 9.17) is 4.74 Å². The van der Waals surface area contributed by atoms with Crippen molar-refractivity contribution in [3.8, 4) is 5.75 Å². The van der Waals surface area contributed by atoms with Gasteiger partial charge in [0.1, 0.15) is 5.75 Å². The fourth-order valence-electron chi connectivity index (χ4n) is 8.19. The van der Waals surface area contributed by atoms with Gasteiger partial charge >= 0.3 is 11.0 Å². The minimum absolute atomic E-state index is 0.00917. The Bertz CT molecular complexity index is 2030. The molecular formula is C34H25BrF3N3O5S2. The maximum absolute atomic E-state index is 14.0. The monoisotopic (exact) mass is 755 g/mol. The third kappa shape index (κ3) is 5.10. The lowest BCUT2D eigenvalue weighted by Gasteiger charge is -2.43. The lowest BCUT2D eigenvalue weighted by Crippen LogP contribution is -2.42. The Labute approximate surface area is 288 Å². The van der Waals surface area contributed by atoms with Gasteiger partial charge in [0, 0.05) is 31.8 Å². The van der Waals surface area contributed by atoms with Gasteiger partial charge in [-0.25, -0.2) is 0 Å². The molecule has 8 nitrogen and oxygen atoms in total. The molecule has 3 heterocycles. The van der Waals surface area contributed by atoms with Crippen molar-refractivity contribution in [2.75, 3.05) is 16.8 Å². The summed E-state index contributed by atoms with van der Waals surface area (Å²) in [5.41, 5.74) is 0.389. The molecule has 2 aliphatic heterocycles. The number of carbonyl (C=O) groups is 3. The molecule has 0 spiro atoms. The summed E-state index contributed by atoms with van der Waals surface area (Å²) in [5, 5.41) is 3.16. The van der Waals surface area contributed by atoms with E-state index >= 15 is 0 Å². The number of aromatic amines is 1. The molecule has 3 amide bonds. The van der Waals surface area contributed by atoms with Gasteiger partial charge in [0.05, 0.1) is 28.1 Å². The number of hydrogen-bond acceptors (Lipinski definition) is 7. The largest absolute Gasteiger partial charge is 0.483 e. The molecule has 4 aliphatic rings. The van der Waals surface area contributed by atoms with Crippen molar-refractivity contribution in [1.82, 2.24) is 4.98 Å². The van der Waals surface area contributed by atoms with Crippen molar-refractivity contribution >= 4 is 68.1 Å². The second-order valence-corrected chi connectivity index (χ2v) is 15.5. The third-order valence-corrected chi connectivity index (χ3v) is 13.0. The number of halogens is 4. The predicted octanol–water partition coefficient (Wildman–Crippen LogP) is 6.91. The van der Waals surface area contributed by atoms with Crippen LogP contribution in [0.5, 0.6) is 5.75 Å². The SMILES string of the molecule is O=C(COc1ccccc1[C@H]1c2sc(=O)[nH]c2SC2C1[C@H]1C[C@@H]2C2C(=O)N(c3ccc(Br)cc3)C(=O)C21)Nc1cccc(C(F)(F)F)c1. The lowest BCUT2D eigenvalue weighted by atomic mass is 9.68. The second-order valence-electron chi connectivity index (χ2n) is 12.4. The molecule has 2 bridgehead atoms. The maximum atomic E-state index is 14.0. The molecule has 3 aromatic carbocycles. The number of nitrogens with one attached hydrogen (secondary N) is 2. The Hall–Kier alpha value is -3.88. The van der Waals surface area contributed by atoms with E-state index in [2.05, 4.69) is 26.2 Å². The molecule has 3 fully saturated rings. The van der Waals surface area contributed by atoms with Crippen LogP contribution in [0.2, 0.25) is 0 Å². The number of fused-ring (bicyclic) bond motifs is 9. The van der Waals surface area contributed by atoms with Crippen LogP contribution in [-0.2, 0) is 20.6 Å². The standard InChI is InChI=1S/C34H25BrF3N3O5S2/c35-16-8-10-18(11-9-16)41-31(43)26-20-13-21(27(26)32(41)44)28-25(20)24(29-30(47-28)40-33(45)48-29)19-6-1-2-7-22(19)46-14-23(42)39-17-5-3-4-15(12-17)34(36,37)38/h1-12,20-21,24-28H,13-14H2,(H,39,42)(H,40,45)/t20-,21-,24-,25?,26?,27?,28?/m1/s1. The molecule has 2 aliphatic carbocycles. The molecule has 7 atom stereocenters. The first kappa shape index (κ1) is 31.4. The summed E-state index contributed by atoms with van der Waals surface area (Å²) in [6.07, 6.45) is -3.84. The molecule has 1 saturated heterocycles. The highest BCUT2D eigenvalue weighted by Gasteiger charge is 2.69. The van der Waals surface area contributed by atoms with E-state index in [0.29, 0.717) is 17.9 Å². The molecule has 14 heteroatoms. The van der Waals surface area contributed by atoms with Crippen LogP contribution in [0.4, 0.5) is 24.5 Å². The van der Waals surface area contributed by atoms with Gasteiger partial charge in [0.25, 0.3) is 5.91 Å². The van der Waals surface area contributed by atoms with Gasteiger partial charge in [-0.05, 0) is 72.7 Å². The number of anilines is 2. The smallest absolute Gasteiger partial charge is 0.416 e. The van der Waals surface area contributed by atoms with E-state index in [0.717, 1.165) is 43.4 Å². The van der Waals surface area contributed by atoms with Crippen LogP contribution >= 0.6 is 39.0 Å². The first-order valence-corrected chi connectivity index (χ1v) is 17.7. The summed E-state index contributed by atoms with van der Waals surface area (Å²) in [6.45, 7) is -0.467. The highest BCUT2D eigenvalue weighted by molar-refractivity contribution is 9.10. The Morgan fingerprint density at radius 3 is 2.46 bits per heavy atom. The summed E-state index contributed by atoms with van der Waals surface area (Å²) < 4.78 is 46.4. The van der Waals surface area contributed by atoms with Crippen LogP contribution in [-0.4, -0.2) is 34.6 Å². The van der Waals surface area contributed by atoms with E-state index in [9.17, 15) is 32.3 Å². The number of amides is 3. The van der Waals surface area contributed by atoms with Crippen LogP contribution in [0.15, 0.2) is 87.1 Å². The fourth-order valence-corrected chi connectivity index (χ4v) is 11.3. The number of H-pyrrole nitrogens is 1. The van der Waals surface area contributed by atoms with Crippen LogP contribution in [0.3, 0.4) is 0 Å². The van der Waals surface area contributed by atoms with Crippen molar-refractivity contribution in [2.24, 2.45) is 29.6 Å². The Kier molecular flexibility index (Phi) is 7.60. The number of thiazole rings is 1. The number of aromatic nitrogens is 1. The Morgan fingerprint density at radius 1 is 0.979 bits per heavy atom. The molecule has 2 saturated carbocycles. The number of hydrogen-bond donors (Lipinski definition) is 2. The average molecular weight is 757 g/mol. The number of carbonyl (C=O) groups excluding carboxylic acids is 3. The van der Waals surface area contributed by atoms with Gasteiger partial charge < -0.3 is 15.0 Å². The molecule has 2 N–H and O–H groups in total. The molecule has 4 aromatic rings. The summed E-state index contributed by atoms with van der Waals surface area (Å²) in [4.78, 5) is 58.3. The number of thioether (sulfide) groups is 1. The quantitative estimate of drug-likeness (QED) is 0.207. The average Bonchev–Trinajstić information content (AvgIpc) is 3.79. The summed E-state index contributed by atoms with van der Waals surface area (Å²) in [6, 6.07) is 18.7. The number of rotatable bonds is 6. The number of ether oxygens (including phenoxy) is 1. The fraction of sp³-hybridized carbons (Fsp3) is 0.294. The zero-order valence-corrected chi connectivity index (χ0v) is 27.9. The normalized spacial score (nSPS) is 27.1. The Morgan fingerprint density at radius 2 is 1.71 bits per heavy atom. The van der Waals surface area contributed by atoms with Gasteiger partial charge in [-0.15, -0.1) is 11.8 Å². The minimum atomic E-state index is -4.55. The highest BCUT2D eigenvalue weighted by Crippen LogP contribution is 2.69. The van der Waals surface area contributed by atoms with Crippen molar-refractivity contribution < 1.29 is 32.3 Å². The first-order chi connectivity index (χ1) is 23.0. The maximum Gasteiger partial charge on any atom is 0.416 e. The third-order valence-electron chi connectivity index (χ3n) is 9.90. The molecule has 246 valence electrons. The van der Waals surface area contributed by atoms with Crippen LogP contribution in [0.1, 0.15) is 28.3 Å². The molecule has 1 aromatic heterocycles. The number of nitrogens with zero attached hydrogens (tertiary/aromatic N) is 1. The van der Waals surface area contributed by atoms with Crippen LogP contribution in [0.25, 0.3) is 0 Å². The molecule has 4 unspecified atom stereocenters. The van der Waals surface area contributed by atoms with Crippen molar-refractivity contribution in [2.45, 2.75) is 28.8 Å². The van der Waals surface area contributed by atoms with Gasteiger partial charge in [-0.1, -0.05) is 51.5 Å². The van der Waals surface area contributed by atoms with Crippen LogP contribution < -0.4 is 19.8 Å². The van der Waals surface area contributed by atoms with E-state index in [1.54, 1.807) is 48.2 Å². The van der Waals surface area contributed by atoms with Gasteiger partial charge in [-0.2, -0.15) is 13.2 Å². The molecular weight excluding hydrogens is 731 g/mol. The van der Waals surface area contributed by atoms with Gasteiger partial charge in [0.2, 0.25) is 11.8 Å². The number of alkyl halides is 3. The molecule has 48 heavy (non-hydrogen) atoms. The molecule has 0 radical (unpaired) electrons. The van der Waals surface area contributed by atoms with Crippen molar-refractivity contribution in [3.05, 3.63) is 103 Å². The lowest BCUT2D eigenvalue weighted by molar-refractivity contribution is -0.137. The summed E-state index contributed by atoms with van der Waals surface area (Å²) in [5.74, 6) is -2.20. The molecule has 8 rings (SSSR count). The van der Waals surface area contributed by atoms with E-state index in [1.807, 2.05) is 12.1 Å². The summed E-state index contributed by atoms with van der Waals surface area (Å²) >= 11 is 6.09. The van der Waals surface area contributed by atoms with Gasteiger partial charge in [0.15, 0.2) is 6.61 Å². The number of para-hydroxylation sites is 1. The highest BCUT2D eigenvalue weighted by atomic mass is 79.9. The Balaban J connectivity index is 1.09. The predicted molar refractivity (Wildman–Crippen MR) is 177 cm³/mol. The van der Waals surface area contributed by atoms with Crippen molar-refractivity contribution in [3.63, 3.8) is 0 Å². The van der Waals surface area contributed by atoms with E-state index < -0.39 is 36.1 Å².